The third kappa shape index (κ3) is 2.61. The van der Waals surface area contributed by atoms with E-state index in [2.05, 4.69) is 0 Å². The van der Waals surface area contributed by atoms with E-state index in [1.165, 1.54) is 19.3 Å². The summed E-state index contributed by atoms with van der Waals surface area (Å²) in [5.74, 6) is 0.548. The summed E-state index contributed by atoms with van der Waals surface area (Å²) in [6.45, 7) is 0.649. The van der Waals surface area contributed by atoms with Crippen LogP contribution in [-0.4, -0.2) is 25.3 Å². The van der Waals surface area contributed by atoms with Crippen LogP contribution in [0.4, 0.5) is 0 Å². The smallest absolute Gasteiger partial charge is 0.207 e. The van der Waals surface area contributed by atoms with Crippen LogP contribution in [0.5, 0.6) is 0 Å². The Kier molecular flexibility index (Phi) is 4.07. The number of benzene rings is 1. The molecule has 110 valence electrons. The molecule has 0 spiro atoms. The van der Waals surface area contributed by atoms with Crippen molar-refractivity contribution in [1.82, 2.24) is 4.31 Å². The maximum atomic E-state index is 12.9. The molecular formula is C15H20ClNO2S. The fraction of sp³-hybridized carbons (Fsp3) is 0.600. The Morgan fingerprint density at radius 2 is 1.85 bits per heavy atom. The number of fused-ring (bicyclic) bond motifs is 1. The normalized spacial score (nSPS) is 28.1. The molecule has 1 aromatic rings. The zero-order chi connectivity index (χ0) is 14.2. The minimum atomic E-state index is -3.41. The van der Waals surface area contributed by atoms with Crippen molar-refractivity contribution in [2.45, 2.75) is 49.5 Å². The molecule has 3 rings (SSSR count). The number of nitrogens with zero attached hydrogens (tertiary/aromatic N) is 1. The van der Waals surface area contributed by atoms with Gasteiger partial charge in [-0.1, -0.05) is 30.5 Å². The van der Waals surface area contributed by atoms with E-state index in [4.69, 9.17) is 11.6 Å². The molecule has 0 amide bonds. The van der Waals surface area contributed by atoms with Crippen LogP contribution in [0.2, 0.25) is 5.02 Å². The van der Waals surface area contributed by atoms with Gasteiger partial charge in [0.1, 0.15) is 0 Å². The molecule has 0 aromatic heterocycles. The molecule has 0 radical (unpaired) electrons. The summed E-state index contributed by atoms with van der Waals surface area (Å²) in [6, 6.07) is 6.82. The van der Waals surface area contributed by atoms with Crippen LogP contribution in [0.15, 0.2) is 29.2 Å². The van der Waals surface area contributed by atoms with E-state index in [0.29, 0.717) is 22.4 Å². The molecule has 0 N–H and O–H groups in total. The van der Waals surface area contributed by atoms with Crippen molar-refractivity contribution in [2.24, 2.45) is 5.92 Å². The van der Waals surface area contributed by atoms with E-state index in [9.17, 15) is 8.42 Å². The Morgan fingerprint density at radius 3 is 2.65 bits per heavy atom. The first kappa shape index (κ1) is 14.4. The zero-order valence-electron chi connectivity index (χ0n) is 11.5. The van der Waals surface area contributed by atoms with E-state index in [1.54, 1.807) is 28.6 Å². The first-order chi connectivity index (χ1) is 9.59. The van der Waals surface area contributed by atoms with E-state index in [-0.39, 0.29) is 6.04 Å². The molecule has 1 heterocycles. The second kappa shape index (κ2) is 5.66. The van der Waals surface area contributed by atoms with Gasteiger partial charge in [-0.05, 0) is 49.8 Å². The summed E-state index contributed by atoms with van der Waals surface area (Å²) in [5, 5.41) is 0.475. The Hall–Kier alpha value is -0.580. The van der Waals surface area contributed by atoms with Gasteiger partial charge in [0.25, 0.3) is 0 Å². The minimum Gasteiger partial charge on any atom is -0.207 e. The molecule has 20 heavy (non-hydrogen) atoms. The summed E-state index contributed by atoms with van der Waals surface area (Å²) in [6.07, 6.45) is 6.71. The van der Waals surface area contributed by atoms with Crippen molar-refractivity contribution < 1.29 is 8.42 Å². The van der Waals surface area contributed by atoms with E-state index >= 15 is 0 Å². The van der Waals surface area contributed by atoms with Gasteiger partial charge in [0, 0.05) is 17.6 Å². The molecule has 1 aliphatic carbocycles. The number of piperidine rings is 1. The molecule has 1 saturated carbocycles. The van der Waals surface area contributed by atoms with Crippen LogP contribution in [0.3, 0.4) is 0 Å². The van der Waals surface area contributed by atoms with Crippen molar-refractivity contribution >= 4 is 21.6 Å². The quantitative estimate of drug-likeness (QED) is 0.835. The SMILES string of the molecule is O=S(=O)(c1cccc(Cl)c1)N1CCCC2CCCCC21. The molecule has 3 nitrogen and oxygen atoms in total. The van der Waals surface area contributed by atoms with Crippen LogP contribution in [0, 0.1) is 5.92 Å². The van der Waals surface area contributed by atoms with Gasteiger partial charge in [0.2, 0.25) is 10.0 Å². The van der Waals surface area contributed by atoms with Gasteiger partial charge in [0.15, 0.2) is 0 Å². The molecule has 1 aromatic carbocycles. The zero-order valence-corrected chi connectivity index (χ0v) is 13.0. The molecule has 0 bridgehead atoms. The highest BCUT2D eigenvalue weighted by Gasteiger charge is 2.39. The maximum Gasteiger partial charge on any atom is 0.243 e. The Morgan fingerprint density at radius 1 is 1.10 bits per heavy atom. The lowest BCUT2D eigenvalue weighted by Gasteiger charge is -2.43. The molecule has 2 atom stereocenters. The lowest BCUT2D eigenvalue weighted by molar-refractivity contribution is 0.129. The van der Waals surface area contributed by atoms with Gasteiger partial charge in [-0.3, -0.25) is 0 Å². The third-order valence-corrected chi connectivity index (χ3v) is 6.75. The number of halogens is 1. The van der Waals surface area contributed by atoms with Gasteiger partial charge in [0.05, 0.1) is 4.90 Å². The van der Waals surface area contributed by atoms with Crippen LogP contribution in [0.1, 0.15) is 38.5 Å². The van der Waals surface area contributed by atoms with Gasteiger partial charge in [-0.25, -0.2) is 8.42 Å². The summed E-state index contributed by atoms with van der Waals surface area (Å²) in [4.78, 5) is 0.330. The number of sulfonamides is 1. The first-order valence-corrected chi connectivity index (χ1v) is 9.18. The number of rotatable bonds is 2. The molecule has 1 aliphatic heterocycles. The van der Waals surface area contributed by atoms with Crippen molar-refractivity contribution in [1.29, 1.82) is 0 Å². The lowest BCUT2D eigenvalue weighted by atomic mass is 9.79. The van der Waals surface area contributed by atoms with Crippen LogP contribution in [-0.2, 0) is 10.0 Å². The topological polar surface area (TPSA) is 37.4 Å². The van der Waals surface area contributed by atoms with Gasteiger partial charge < -0.3 is 0 Å². The van der Waals surface area contributed by atoms with E-state index in [1.807, 2.05) is 0 Å². The Labute approximate surface area is 126 Å². The second-order valence-corrected chi connectivity index (χ2v) is 8.15. The second-order valence-electron chi connectivity index (χ2n) is 5.83. The average molecular weight is 314 g/mol. The Balaban J connectivity index is 1.93. The highest BCUT2D eigenvalue weighted by Crippen LogP contribution is 2.38. The standard InChI is InChI=1S/C15H20ClNO2S/c16-13-7-3-8-14(11-13)20(18,19)17-10-4-6-12-5-1-2-9-15(12)17/h3,7-8,11-12,15H,1-2,4-6,9-10H2. The highest BCUT2D eigenvalue weighted by atomic mass is 35.5. The molecule has 2 aliphatic rings. The van der Waals surface area contributed by atoms with E-state index < -0.39 is 10.0 Å². The molecule has 1 saturated heterocycles. The van der Waals surface area contributed by atoms with Gasteiger partial charge in [-0.15, -0.1) is 0 Å². The first-order valence-electron chi connectivity index (χ1n) is 7.36. The summed E-state index contributed by atoms with van der Waals surface area (Å²) in [7, 11) is -3.41. The number of hydrogen-bond donors (Lipinski definition) is 0. The van der Waals surface area contributed by atoms with E-state index in [0.717, 1.165) is 19.3 Å². The summed E-state index contributed by atoms with van der Waals surface area (Å²) in [5.41, 5.74) is 0. The molecule has 5 heteroatoms. The Bertz CT molecular complexity index is 585. The largest absolute Gasteiger partial charge is 0.243 e. The number of hydrogen-bond acceptors (Lipinski definition) is 2. The highest BCUT2D eigenvalue weighted by molar-refractivity contribution is 7.89. The van der Waals surface area contributed by atoms with Crippen molar-refractivity contribution in [3.05, 3.63) is 29.3 Å². The maximum absolute atomic E-state index is 12.9. The summed E-state index contributed by atoms with van der Waals surface area (Å²) < 4.78 is 27.5. The average Bonchev–Trinajstić information content (AvgIpc) is 2.46. The fourth-order valence-corrected chi connectivity index (χ4v) is 5.70. The van der Waals surface area contributed by atoms with Crippen molar-refractivity contribution in [2.75, 3.05) is 6.54 Å². The van der Waals surface area contributed by atoms with Crippen LogP contribution < -0.4 is 0 Å². The minimum absolute atomic E-state index is 0.196. The van der Waals surface area contributed by atoms with Gasteiger partial charge in [-0.2, -0.15) is 4.31 Å². The van der Waals surface area contributed by atoms with Gasteiger partial charge >= 0.3 is 0 Å². The molecule has 2 fully saturated rings. The van der Waals surface area contributed by atoms with Crippen LogP contribution in [0.25, 0.3) is 0 Å². The lowest BCUT2D eigenvalue weighted by Crippen LogP contribution is -2.49. The fourth-order valence-electron chi connectivity index (χ4n) is 3.64. The predicted octanol–water partition coefficient (Wildman–Crippen LogP) is 3.68. The predicted molar refractivity (Wildman–Crippen MR) is 80.3 cm³/mol. The molecular weight excluding hydrogens is 294 g/mol. The van der Waals surface area contributed by atoms with Crippen LogP contribution >= 0.6 is 11.6 Å². The third-order valence-electron chi connectivity index (χ3n) is 4.59. The van der Waals surface area contributed by atoms with Crippen molar-refractivity contribution in [3.63, 3.8) is 0 Å². The summed E-state index contributed by atoms with van der Waals surface area (Å²) >= 11 is 5.94. The molecule has 2 unspecified atom stereocenters. The van der Waals surface area contributed by atoms with Crippen molar-refractivity contribution in [3.8, 4) is 0 Å². The monoisotopic (exact) mass is 313 g/mol.